The van der Waals surface area contributed by atoms with Gasteiger partial charge in [0.2, 0.25) is 0 Å². The predicted octanol–water partition coefficient (Wildman–Crippen LogP) is 3.18. The molecule has 0 bridgehead atoms. The molecule has 2 rings (SSSR count). The van der Waals surface area contributed by atoms with E-state index in [1.54, 1.807) is 0 Å². The van der Waals surface area contributed by atoms with Crippen molar-refractivity contribution in [3.05, 3.63) is 11.6 Å². The molecule has 2 aliphatic rings. The Hall–Kier alpha value is -0.630. The molecule has 0 amide bonds. The highest BCUT2D eigenvalue weighted by molar-refractivity contribution is 5.91. The van der Waals surface area contributed by atoms with Crippen molar-refractivity contribution in [1.29, 1.82) is 0 Å². The Morgan fingerprint density at radius 3 is 2.53 bits per heavy atom. The molecule has 1 aliphatic heterocycles. The first-order chi connectivity index (χ1) is 8.05. The summed E-state index contributed by atoms with van der Waals surface area (Å²) in [7, 11) is 0. The molecular weight excluding hydrogens is 210 g/mol. The average Bonchev–Trinajstić information content (AvgIpc) is 2.25. The van der Waals surface area contributed by atoms with E-state index in [4.69, 9.17) is 0 Å². The molecule has 17 heavy (non-hydrogen) atoms. The fraction of sp³-hybridized carbons (Fsp3) is 0.800. The van der Waals surface area contributed by atoms with Crippen molar-refractivity contribution in [2.24, 2.45) is 5.41 Å². The van der Waals surface area contributed by atoms with Crippen LogP contribution in [0.4, 0.5) is 0 Å². The minimum absolute atomic E-state index is 0.184. The molecule has 1 saturated heterocycles. The standard InChI is InChI=1S/C15H25NO/c1-15(2)11-13(10-14(17)12-15)6-9-16-7-4-3-5-8-16/h10H,3-9,11-12H2,1-2H3. The minimum Gasteiger partial charge on any atom is -0.303 e. The van der Waals surface area contributed by atoms with E-state index < -0.39 is 0 Å². The van der Waals surface area contributed by atoms with Crippen molar-refractivity contribution in [2.45, 2.75) is 52.4 Å². The SMILES string of the molecule is CC1(C)CC(=O)C=C(CCN2CCCCC2)C1. The zero-order chi connectivity index (χ0) is 12.3. The fourth-order valence-electron chi connectivity index (χ4n) is 3.12. The predicted molar refractivity (Wildman–Crippen MR) is 71.0 cm³/mol. The monoisotopic (exact) mass is 235 g/mol. The van der Waals surface area contributed by atoms with Gasteiger partial charge >= 0.3 is 0 Å². The highest BCUT2D eigenvalue weighted by atomic mass is 16.1. The number of carbonyl (C=O) groups is 1. The Kier molecular flexibility index (Phi) is 4.03. The number of carbonyl (C=O) groups excluding carboxylic acids is 1. The van der Waals surface area contributed by atoms with Crippen molar-refractivity contribution in [1.82, 2.24) is 4.90 Å². The molecule has 1 heterocycles. The van der Waals surface area contributed by atoms with Gasteiger partial charge in [-0.3, -0.25) is 4.79 Å². The Balaban J connectivity index is 1.84. The molecule has 0 saturated carbocycles. The summed E-state index contributed by atoms with van der Waals surface area (Å²) < 4.78 is 0. The van der Waals surface area contributed by atoms with Crippen LogP contribution >= 0.6 is 0 Å². The molecule has 0 aromatic carbocycles. The van der Waals surface area contributed by atoms with Crippen LogP contribution in [0.2, 0.25) is 0 Å². The van der Waals surface area contributed by atoms with E-state index in [0.29, 0.717) is 5.78 Å². The van der Waals surface area contributed by atoms with Crippen LogP contribution in [0.3, 0.4) is 0 Å². The number of hydrogen-bond donors (Lipinski definition) is 0. The van der Waals surface area contributed by atoms with Gasteiger partial charge in [-0.05, 0) is 50.3 Å². The number of piperidine rings is 1. The lowest BCUT2D eigenvalue weighted by molar-refractivity contribution is -0.117. The zero-order valence-electron chi connectivity index (χ0n) is 11.3. The van der Waals surface area contributed by atoms with E-state index in [2.05, 4.69) is 18.7 Å². The highest BCUT2D eigenvalue weighted by Gasteiger charge is 2.27. The molecule has 0 radical (unpaired) electrons. The molecule has 0 N–H and O–H groups in total. The molecule has 1 aliphatic carbocycles. The van der Waals surface area contributed by atoms with Gasteiger partial charge in [0.25, 0.3) is 0 Å². The first-order valence-electron chi connectivity index (χ1n) is 7.00. The van der Waals surface area contributed by atoms with Gasteiger partial charge < -0.3 is 4.90 Å². The summed E-state index contributed by atoms with van der Waals surface area (Å²) in [4.78, 5) is 14.2. The smallest absolute Gasteiger partial charge is 0.156 e. The topological polar surface area (TPSA) is 20.3 Å². The summed E-state index contributed by atoms with van der Waals surface area (Å²) in [5, 5.41) is 0. The Morgan fingerprint density at radius 2 is 1.88 bits per heavy atom. The highest BCUT2D eigenvalue weighted by Crippen LogP contribution is 2.34. The first-order valence-corrected chi connectivity index (χ1v) is 7.00. The third kappa shape index (κ3) is 3.95. The summed E-state index contributed by atoms with van der Waals surface area (Å²) in [6.45, 7) is 8.07. The Morgan fingerprint density at radius 1 is 1.18 bits per heavy atom. The number of hydrogen-bond acceptors (Lipinski definition) is 2. The molecule has 0 atom stereocenters. The Labute approximate surface area is 105 Å². The lowest BCUT2D eigenvalue weighted by Crippen LogP contribution is -2.31. The first kappa shape index (κ1) is 12.8. The van der Waals surface area contributed by atoms with Gasteiger partial charge in [0.15, 0.2) is 5.78 Å². The maximum Gasteiger partial charge on any atom is 0.156 e. The van der Waals surface area contributed by atoms with E-state index in [0.717, 1.165) is 25.8 Å². The van der Waals surface area contributed by atoms with E-state index in [9.17, 15) is 4.79 Å². The summed E-state index contributed by atoms with van der Waals surface area (Å²) in [6, 6.07) is 0. The maximum absolute atomic E-state index is 11.7. The second-order valence-electron chi connectivity index (χ2n) is 6.44. The molecule has 0 unspecified atom stereocenters. The van der Waals surface area contributed by atoms with Gasteiger partial charge in [0, 0.05) is 13.0 Å². The second-order valence-corrected chi connectivity index (χ2v) is 6.44. The number of rotatable bonds is 3. The lowest BCUT2D eigenvalue weighted by atomic mass is 9.76. The van der Waals surface area contributed by atoms with Crippen molar-refractivity contribution in [3.63, 3.8) is 0 Å². The van der Waals surface area contributed by atoms with Crippen LogP contribution in [0.5, 0.6) is 0 Å². The van der Waals surface area contributed by atoms with Gasteiger partial charge in [0.05, 0.1) is 0 Å². The van der Waals surface area contributed by atoms with Crippen LogP contribution in [-0.2, 0) is 4.79 Å². The summed E-state index contributed by atoms with van der Waals surface area (Å²) in [5.41, 5.74) is 1.56. The molecule has 2 heteroatoms. The van der Waals surface area contributed by atoms with Crippen LogP contribution in [0.25, 0.3) is 0 Å². The van der Waals surface area contributed by atoms with E-state index in [-0.39, 0.29) is 5.41 Å². The van der Waals surface area contributed by atoms with Crippen LogP contribution in [0.1, 0.15) is 52.4 Å². The van der Waals surface area contributed by atoms with Crippen LogP contribution in [0.15, 0.2) is 11.6 Å². The largest absolute Gasteiger partial charge is 0.303 e. The van der Waals surface area contributed by atoms with Crippen molar-refractivity contribution >= 4 is 5.78 Å². The van der Waals surface area contributed by atoms with Crippen molar-refractivity contribution in [3.8, 4) is 0 Å². The molecule has 2 nitrogen and oxygen atoms in total. The normalized spacial score (nSPS) is 25.8. The van der Waals surface area contributed by atoms with Crippen molar-refractivity contribution in [2.75, 3.05) is 19.6 Å². The molecule has 1 fully saturated rings. The van der Waals surface area contributed by atoms with Gasteiger partial charge in [0.1, 0.15) is 0 Å². The molecule has 0 aromatic heterocycles. The summed E-state index contributed by atoms with van der Waals surface area (Å²) in [5.74, 6) is 0.329. The van der Waals surface area contributed by atoms with Crippen LogP contribution < -0.4 is 0 Å². The van der Waals surface area contributed by atoms with E-state index in [1.807, 2.05) is 6.08 Å². The lowest BCUT2D eigenvalue weighted by Gasteiger charge is -2.31. The summed E-state index contributed by atoms with van der Waals surface area (Å²) in [6.07, 6.45) is 8.93. The molecule has 0 aromatic rings. The second kappa shape index (κ2) is 5.34. The fourth-order valence-corrected chi connectivity index (χ4v) is 3.12. The van der Waals surface area contributed by atoms with Gasteiger partial charge in [-0.15, -0.1) is 0 Å². The number of ketones is 1. The van der Waals surface area contributed by atoms with Crippen LogP contribution in [0, 0.1) is 5.41 Å². The molecule has 96 valence electrons. The average molecular weight is 235 g/mol. The summed E-state index contributed by atoms with van der Waals surface area (Å²) >= 11 is 0. The third-order valence-corrected chi connectivity index (χ3v) is 3.92. The third-order valence-electron chi connectivity index (χ3n) is 3.92. The number of nitrogens with zero attached hydrogens (tertiary/aromatic N) is 1. The van der Waals surface area contributed by atoms with Gasteiger partial charge in [-0.1, -0.05) is 25.8 Å². The quantitative estimate of drug-likeness (QED) is 0.749. The van der Waals surface area contributed by atoms with Crippen molar-refractivity contribution < 1.29 is 4.79 Å². The minimum atomic E-state index is 0.184. The maximum atomic E-state index is 11.7. The number of allylic oxidation sites excluding steroid dienone is 1. The van der Waals surface area contributed by atoms with Gasteiger partial charge in [-0.2, -0.15) is 0 Å². The molecular formula is C15H25NO. The Bertz CT molecular complexity index is 311. The van der Waals surface area contributed by atoms with Gasteiger partial charge in [-0.25, -0.2) is 0 Å². The molecule has 0 spiro atoms. The number of likely N-dealkylation sites (tertiary alicyclic amines) is 1. The van der Waals surface area contributed by atoms with E-state index in [1.165, 1.54) is 37.9 Å². The van der Waals surface area contributed by atoms with E-state index >= 15 is 0 Å². The zero-order valence-corrected chi connectivity index (χ0v) is 11.3. The van der Waals surface area contributed by atoms with Crippen LogP contribution in [-0.4, -0.2) is 30.3 Å².